The van der Waals surface area contributed by atoms with Gasteiger partial charge in [0.15, 0.2) is 0 Å². The van der Waals surface area contributed by atoms with E-state index in [-0.39, 0.29) is 6.10 Å². The van der Waals surface area contributed by atoms with E-state index < -0.39 is 11.5 Å². The number of aliphatic hydroxyl groups is 1. The number of ether oxygens (including phenoxy) is 1. The molecule has 0 aromatic carbocycles. The molecule has 2 fully saturated rings. The predicted molar refractivity (Wildman–Crippen MR) is 74.4 cm³/mol. The fraction of sp³-hybridized carbons (Fsp3) is 0.938. The van der Waals surface area contributed by atoms with Crippen LogP contribution in [0.25, 0.3) is 0 Å². The van der Waals surface area contributed by atoms with Gasteiger partial charge in [0.05, 0.1) is 23.7 Å². The van der Waals surface area contributed by atoms with E-state index >= 15 is 0 Å². The topological polar surface area (TPSA) is 53.2 Å². The Morgan fingerprint density at radius 2 is 1.89 bits per heavy atom. The third-order valence-corrected chi connectivity index (χ3v) is 5.21. The van der Waals surface area contributed by atoms with Gasteiger partial charge in [0, 0.05) is 6.61 Å². The zero-order chi connectivity index (χ0) is 14.1. The van der Waals surface area contributed by atoms with Gasteiger partial charge in [-0.15, -0.1) is 0 Å². The van der Waals surface area contributed by atoms with Gasteiger partial charge in [-0.3, -0.25) is 0 Å². The van der Waals surface area contributed by atoms with Gasteiger partial charge in [-0.1, -0.05) is 20.8 Å². The number of nitriles is 1. The van der Waals surface area contributed by atoms with Gasteiger partial charge < -0.3 is 9.84 Å². The number of hydrogen-bond donors (Lipinski definition) is 1. The van der Waals surface area contributed by atoms with Crippen LogP contribution in [-0.2, 0) is 4.74 Å². The van der Waals surface area contributed by atoms with E-state index in [4.69, 9.17) is 4.74 Å². The zero-order valence-electron chi connectivity index (χ0n) is 12.5. The zero-order valence-corrected chi connectivity index (χ0v) is 12.5. The molecule has 0 spiro atoms. The van der Waals surface area contributed by atoms with Crippen molar-refractivity contribution in [3.8, 4) is 6.07 Å². The molecule has 0 amide bonds. The average Bonchev–Trinajstić information content (AvgIpc) is 2.90. The second-order valence-corrected chi connectivity index (χ2v) is 7.40. The minimum atomic E-state index is -0.610. The minimum absolute atomic E-state index is 0.120. The first kappa shape index (κ1) is 14.8. The molecule has 2 unspecified atom stereocenters. The molecular weight excluding hydrogens is 238 g/mol. The lowest BCUT2D eigenvalue weighted by atomic mass is 9.62. The quantitative estimate of drug-likeness (QED) is 0.833. The van der Waals surface area contributed by atoms with Crippen molar-refractivity contribution in [1.29, 1.82) is 5.26 Å². The molecule has 0 aromatic rings. The first-order valence-electron chi connectivity index (χ1n) is 7.60. The minimum Gasteiger partial charge on any atom is -0.389 e. The summed E-state index contributed by atoms with van der Waals surface area (Å²) >= 11 is 0. The molecule has 108 valence electrons. The lowest BCUT2D eigenvalue weighted by molar-refractivity contribution is -0.0743. The maximum atomic E-state index is 10.6. The molecule has 1 N–H and O–H groups in total. The molecule has 1 aliphatic heterocycles. The fourth-order valence-corrected chi connectivity index (χ4v) is 3.68. The van der Waals surface area contributed by atoms with Crippen LogP contribution in [0.2, 0.25) is 0 Å². The van der Waals surface area contributed by atoms with Crippen LogP contribution in [-0.4, -0.2) is 23.9 Å². The Morgan fingerprint density at radius 3 is 2.32 bits per heavy atom. The molecule has 1 saturated heterocycles. The van der Waals surface area contributed by atoms with Gasteiger partial charge >= 0.3 is 0 Å². The number of nitrogens with zero attached hydrogens (tertiary/aromatic N) is 1. The van der Waals surface area contributed by atoms with Crippen LogP contribution < -0.4 is 0 Å². The molecular formula is C16H27NO2. The van der Waals surface area contributed by atoms with Crippen molar-refractivity contribution < 1.29 is 9.84 Å². The molecule has 3 heteroatoms. The van der Waals surface area contributed by atoms with E-state index in [1.165, 1.54) is 0 Å². The van der Waals surface area contributed by atoms with E-state index in [0.717, 1.165) is 45.1 Å². The molecule has 0 bridgehead atoms. The third-order valence-electron chi connectivity index (χ3n) is 5.21. The summed E-state index contributed by atoms with van der Waals surface area (Å²) in [7, 11) is 0. The molecule has 2 rings (SSSR count). The van der Waals surface area contributed by atoms with Crippen LogP contribution in [0, 0.1) is 28.1 Å². The number of hydrogen-bond acceptors (Lipinski definition) is 3. The molecule has 0 radical (unpaired) electrons. The highest BCUT2D eigenvalue weighted by molar-refractivity contribution is 5.08. The van der Waals surface area contributed by atoms with E-state index in [0.29, 0.717) is 11.3 Å². The molecule has 1 heterocycles. The van der Waals surface area contributed by atoms with Crippen LogP contribution in [0.3, 0.4) is 0 Å². The summed E-state index contributed by atoms with van der Waals surface area (Å²) in [6.45, 7) is 7.54. The second kappa shape index (κ2) is 5.42. The van der Waals surface area contributed by atoms with Gasteiger partial charge in [-0.05, 0) is 49.9 Å². The van der Waals surface area contributed by atoms with Gasteiger partial charge in [0.2, 0.25) is 0 Å². The summed E-state index contributed by atoms with van der Waals surface area (Å²) in [6, 6.07) is 2.44. The van der Waals surface area contributed by atoms with Crippen LogP contribution in [0.5, 0.6) is 0 Å². The Morgan fingerprint density at radius 1 is 1.26 bits per heavy atom. The SMILES string of the molecule is CC(C)(C)C1CCC(C#N)(C(O)C2CCCO2)CC1. The van der Waals surface area contributed by atoms with Crippen molar-refractivity contribution in [1.82, 2.24) is 0 Å². The van der Waals surface area contributed by atoms with Crippen molar-refractivity contribution in [2.45, 2.75) is 71.5 Å². The lowest BCUT2D eigenvalue weighted by Crippen LogP contribution is -2.45. The summed E-state index contributed by atoms with van der Waals surface area (Å²) in [5, 5.41) is 20.2. The van der Waals surface area contributed by atoms with E-state index in [9.17, 15) is 10.4 Å². The normalized spacial score (nSPS) is 37.8. The highest BCUT2D eigenvalue weighted by atomic mass is 16.5. The lowest BCUT2D eigenvalue weighted by Gasteiger charge is -2.43. The highest BCUT2D eigenvalue weighted by Crippen LogP contribution is 2.48. The van der Waals surface area contributed by atoms with E-state index in [1.54, 1.807) is 0 Å². The largest absolute Gasteiger partial charge is 0.389 e. The summed E-state index contributed by atoms with van der Waals surface area (Å²) < 4.78 is 5.59. The van der Waals surface area contributed by atoms with Crippen molar-refractivity contribution in [2.24, 2.45) is 16.7 Å². The third kappa shape index (κ3) is 2.95. The Balaban J connectivity index is 2.03. The fourth-order valence-electron chi connectivity index (χ4n) is 3.68. The molecule has 2 aliphatic rings. The Labute approximate surface area is 117 Å². The number of aliphatic hydroxyl groups excluding tert-OH is 1. The summed E-state index contributed by atoms with van der Waals surface area (Å²) in [4.78, 5) is 0. The molecule has 0 aromatic heterocycles. The van der Waals surface area contributed by atoms with Crippen LogP contribution in [0.1, 0.15) is 59.3 Å². The Hall–Kier alpha value is -0.590. The molecule has 1 aliphatic carbocycles. The maximum Gasteiger partial charge on any atom is 0.0987 e. The smallest absolute Gasteiger partial charge is 0.0987 e. The van der Waals surface area contributed by atoms with E-state index in [1.807, 2.05) is 0 Å². The van der Waals surface area contributed by atoms with Crippen LogP contribution in [0.15, 0.2) is 0 Å². The second-order valence-electron chi connectivity index (χ2n) is 7.40. The van der Waals surface area contributed by atoms with E-state index in [2.05, 4.69) is 26.8 Å². The van der Waals surface area contributed by atoms with Gasteiger partial charge in [0.25, 0.3) is 0 Å². The summed E-state index contributed by atoms with van der Waals surface area (Å²) in [5.74, 6) is 0.658. The van der Waals surface area contributed by atoms with Crippen molar-refractivity contribution >= 4 is 0 Å². The van der Waals surface area contributed by atoms with Gasteiger partial charge in [-0.25, -0.2) is 0 Å². The van der Waals surface area contributed by atoms with Crippen LogP contribution in [0.4, 0.5) is 0 Å². The van der Waals surface area contributed by atoms with Crippen molar-refractivity contribution in [3.05, 3.63) is 0 Å². The molecule has 19 heavy (non-hydrogen) atoms. The van der Waals surface area contributed by atoms with Gasteiger partial charge in [-0.2, -0.15) is 5.26 Å². The first-order chi connectivity index (χ1) is 8.89. The highest BCUT2D eigenvalue weighted by Gasteiger charge is 2.47. The monoisotopic (exact) mass is 265 g/mol. The first-order valence-corrected chi connectivity index (χ1v) is 7.60. The van der Waals surface area contributed by atoms with Gasteiger partial charge in [0.1, 0.15) is 0 Å². The summed E-state index contributed by atoms with van der Waals surface area (Å²) in [5.41, 5.74) is -0.271. The Kier molecular flexibility index (Phi) is 4.23. The number of rotatable bonds is 2. The molecule has 3 nitrogen and oxygen atoms in total. The molecule has 2 atom stereocenters. The maximum absolute atomic E-state index is 10.6. The summed E-state index contributed by atoms with van der Waals surface area (Å²) in [6.07, 6.45) is 4.88. The average molecular weight is 265 g/mol. The van der Waals surface area contributed by atoms with Crippen LogP contribution >= 0.6 is 0 Å². The van der Waals surface area contributed by atoms with Crippen molar-refractivity contribution in [3.63, 3.8) is 0 Å². The molecule has 1 saturated carbocycles. The van der Waals surface area contributed by atoms with Crippen molar-refractivity contribution in [2.75, 3.05) is 6.61 Å². The Bertz CT molecular complexity index is 339. The predicted octanol–water partition coefficient (Wildman–Crippen LogP) is 3.27. The standard InChI is InChI=1S/C16H27NO2/c1-15(2,3)12-6-8-16(11-17,9-7-12)14(18)13-5-4-10-19-13/h12-14,18H,4-10H2,1-3H3.